The van der Waals surface area contributed by atoms with Gasteiger partial charge in [-0.25, -0.2) is 0 Å². The van der Waals surface area contributed by atoms with Crippen LogP contribution in [0.1, 0.15) is 49.1 Å². The van der Waals surface area contributed by atoms with Gasteiger partial charge in [0, 0.05) is 11.5 Å². The molecule has 19 heavy (non-hydrogen) atoms. The van der Waals surface area contributed by atoms with Gasteiger partial charge >= 0.3 is 0 Å². The Kier molecular flexibility index (Phi) is 2.56. The number of rotatable bonds is 1. The van der Waals surface area contributed by atoms with Crippen molar-refractivity contribution in [1.82, 2.24) is 5.32 Å². The number of aldehydes is 1. The molecule has 0 spiro atoms. The summed E-state index contributed by atoms with van der Waals surface area (Å²) in [7, 11) is 0. The number of piperidine rings is 1. The SMILES string of the molecule is O=CC1c2ccccc2[C@@]23CCCC[C@H]2[C@@H]1NCC3. The number of hydrogen-bond acceptors (Lipinski definition) is 2. The Morgan fingerprint density at radius 1 is 1.21 bits per heavy atom. The fourth-order valence-corrected chi connectivity index (χ4v) is 5.14. The second kappa shape index (κ2) is 4.17. The highest BCUT2D eigenvalue weighted by Gasteiger charge is 2.54. The molecule has 0 amide bonds. The third-order valence-electron chi connectivity index (χ3n) is 5.87. The van der Waals surface area contributed by atoms with Gasteiger partial charge in [-0.15, -0.1) is 0 Å². The van der Waals surface area contributed by atoms with Gasteiger partial charge in [-0.2, -0.15) is 0 Å². The van der Waals surface area contributed by atoms with Crippen LogP contribution in [0, 0.1) is 5.92 Å². The Morgan fingerprint density at radius 3 is 3.00 bits per heavy atom. The third-order valence-corrected chi connectivity index (χ3v) is 5.87. The zero-order valence-corrected chi connectivity index (χ0v) is 11.3. The molecule has 0 aromatic heterocycles. The van der Waals surface area contributed by atoms with E-state index in [9.17, 15) is 4.79 Å². The van der Waals surface area contributed by atoms with Crippen molar-refractivity contribution in [3.63, 3.8) is 0 Å². The largest absolute Gasteiger partial charge is 0.313 e. The highest BCUT2D eigenvalue weighted by atomic mass is 16.1. The molecule has 1 N–H and O–H groups in total. The number of carbonyl (C=O) groups excluding carboxylic acids is 1. The molecule has 4 rings (SSSR count). The van der Waals surface area contributed by atoms with E-state index in [1.54, 1.807) is 0 Å². The van der Waals surface area contributed by atoms with Crippen molar-refractivity contribution in [2.24, 2.45) is 5.92 Å². The molecule has 2 bridgehead atoms. The molecule has 1 saturated heterocycles. The lowest BCUT2D eigenvalue weighted by Gasteiger charge is -2.57. The number of nitrogens with one attached hydrogen (secondary N) is 1. The molecule has 1 unspecified atom stereocenters. The first kappa shape index (κ1) is 11.7. The predicted octanol–water partition coefficient (Wildman–Crippen LogP) is 2.77. The van der Waals surface area contributed by atoms with E-state index in [0.717, 1.165) is 6.54 Å². The maximum atomic E-state index is 11.7. The molecule has 2 nitrogen and oxygen atoms in total. The van der Waals surface area contributed by atoms with Crippen LogP contribution in [0.25, 0.3) is 0 Å². The normalized spacial score (nSPS) is 40.1. The van der Waals surface area contributed by atoms with Crippen LogP contribution < -0.4 is 5.32 Å². The first-order chi connectivity index (χ1) is 9.37. The van der Waals surface area contributed by atoms with E-state index in [2.05, 4.69) is 29.6 Å². The topological polar surface area (TPSA) is 29.1 Å². The predicted molar refractivity (Wildman–Crippen MR) is 75.3 cm³/mol. The lowest BCUT2D eigenvalue weighted by atomic mass is 9.51. The van der Waals surface area contributed by atoms with Gasteiger partial charge in [-0.3, -0.25) is 0 Å². The van der Waals surface area contributed by atoms with E-state index in [-0.39, 0.29) is 5.92 Å². The monoisotopic (exact) mass is 255 g/mol. The average molecular weight is 255 g/mol. The Hall–Kier alpha value is -1.15. The summed E-state index contributed by atoms with van der Waals surface area (Å²) < 4.78 is 0. The molecule has 4 atom stereocenters. The molecule has 1 heterocycles. The van der Waals surface area contributed by atoms with Crippen LogP contribution in [0.4, 0.5) is 0 Å². The summed E-state index contributed by atoms with van der Waals surface area (Å²) in [5, 5.41) is 3.66. The Labute approximate surface area is 114 Å². The van der Waals surface area contributed by atoms with Crippen molar-refractivity contribution < 1.29 is 4.79 Å². The summed E-state index contributed by atoms with van der Waals surface area (Å²) in [6.07, 6.45) is 7.72. The van der Waals surface area contributed by atoms with Crippen molar-refractivity contribution in [2.75, 3.05) is 6.54 Å². The molecule has 3 aliphatic rings. The highest BCUT2D eigenvalue weighted by molar-refractivity contribution is 5.67. The van der Waals surface area contributed by atoms with Gasteiger partial charge in [-0.05, 0) is 42.9 Å². The quantitative estimate of drug-likeness (QED) is 0.782. The standard InChI is InChI=1S/C17H21NO/c19-11-13-12-5-1-2-6-14(12)17-8-4-3-7-15(17)16(13)18-10-9-17/h1-2,5-6,11,13,15-16,18H,3-4,7-10H2/t13?,15-,16+,17-/m0/s1. The molecule has 1 saturated carbocycles. The zero-order valence-electron chi connectivity index (χ0n) is 11.3. The van der Waals surface area contributed by atoms with Crippen LogP contribution in [-0.4, -0.2) is 18.9 Å². The molecule has 2 heteroatoms. The fraction of sp³-hybridized carbons (Fsp3) is 0.588. The summed E-state index contributed by atoms with van der Waals surface area (Å²) in [5.74, 6) is 0.729. The molecule has 2 fully saturated rings. The van der Waals surface area contributed by atoms with E-state index in [4.69, 9.17) is 0 Å². The van der Waals surface area contributed by atoms with Crippen molar-refractivity contribution in [1.29, 1.82) is 0 Å². The van der Waals surface area contributed by atoms with Crippen LogP contribution >= 0.6 is 0 Å². The summed E-state index contributed by atoms with van der Waals surface area (Å²) in [5.41, 5.74) is 3.16. The van der Waals surface area contributed by atoms with Gasteiger partial charge in [0.2, 0.25) is 0 Å². The summed E-state index contributed by atoms with van der Waals surface area (Å²) in [6, 6.07) is 9.10. The van der Waals surface area contributed by atoms with Gasteiger partial charge in [0.05, 0.1) is 5.92 Å². The second-order valence-electron chi connectivity index (χ2n) is 6.49. The molecule has 1 aromatic rings. The van der Waals surface area contributed by atoms with Crippen molar-refractivity contribution in [2.45, 2.75) is 49.5 Å². The molecule has 0 radical (unpaired) electrons. The Morgan fingerprint density at radius 2 is 2.11 bits per heavy atom. The van der Waals surface area contributed by atoms with Gasteiger partial charge in [-0.1, -0.05) is 37.1 Å². The van der Waals surface area contributed by atoms with E-state index in [0.29, 0.717) is 17.4 Å². The maximum absolute atomic E-state index is 11.7. The number of benzene rings is 1. The molecule has 1 aromatic carbocycles. The van der Waals surface area contributed by atoms with E-state index in [1.807, 2.05) is 0 Å². The Bertz CT molecular complexity index is 508. The first-order valence-electron chi connectivity index (χ1n) is 7.65. The van der Waals surface area contributed by atoms with Crippen LogP contribution in [-0.2, 0) is 10.2 Å². The Balaban J connectivity index is 1.95. The smallest absolute Gasteiger partial charge is 0.129 e. The van der Waals surface area contributed by atoms with Gasteiger partial charge in [0.25, 0.3) is 0 Å². The minimum Gasteiger partial charge on any atom is -0.313 e. The zero-order chi connectivity index (χ0) is 12.9. The average Bonchev–Trinajstić information content (AvgIpc) is 2.48. The number of carbonyl (C=O) groups is 1. The van der Waals surface area contributed by atoms with E-state index < -0.39 is 0 Å². The minimum atomic E-state index is 0.0627. The maximum Gasteiger partial charge on any atom is 0.129 e. The second-order valence-corrected chi connectivity index (χ2v) is 6.49. The molecule has 1 aliphatic heterocycles. The summed E-state index contributed by atoms with van der Waals surface area (Å²) in [6.45, 7) is 1.07. The lowest BCUT2D eigenvalue weighted by Crippen LogP contribution is -2.61. The van der Waals surface area contributed by atoms with Crippen LogP contribution in [0.5, 0.6) is 0 Å². The van der Waals surface area contributed by atoms with Gasteiger partial charge in [0.15, 0.2) is 0 Å². The summed E-state index contributed by atoms with van der Waals surface area (Å²) in [4.78, 5) is 11.7. The van der Waals surface area contributed by atoms with Crippen molar-refractivity contribution in [3.05, 3.63) is 35.4 Å². The van der Waals surface area contributed by atoms with Crippen LogP contribution in [0.2, 0.25) is 0 Å². The minimum absolute atomic E-state index is 0.0627. The van der Waals surface area contributed by atoms with Crippen LogP contribution in [0.15, 0.2) is 24.3 Å². The molecule has 100 valence electrons. The van der Waals surface area contributed by atoms with Crippen molar-refractivity contribution in [3.8, 4) is 0 Å². The van der Waals surface area contributed by atoms with E-state index >= 15 is 0 Å². The van der Waals surface area contributed by atoms with Crippen LogP contribution in [0.3, 0.4) is 0 Å². The van der Waals surface area contributed by atoms with E-state index in [1.165, 1.54) is 49.5 Å². The lowest BCUT2D eigenvalue weighted by molar-refractivity contribution is -0.111. The molecular weight excluding hydrogens is 234 g/mol. The number of hydrogen-bond donors (Lipinski definition) is 1. The van der Waals surface area contributed by atoms with Gasteiger partial charge in [0.1, 0.15) is 6.29 Å². The first-order valence-corrected chi connectivity index (χ1v) is 7.65. The fourth-order valence-electron chi connectivity index (χ4n) is 5.14. The highest BCUT2D eigenvalue weighted by Crippen LogP contribution is 2.56. The molecular formula is C17H21NO. The summed E-state index contributed by atoms with van der Waals surface area (Å²) >= 11 is 0. The number of fused-ring (bicyclic) bond motifs is 1. The van der Waals surface area contributed by atoms with Crippen molar-refractivity contribution >= 4 is 6.29 Å². The third kappa shape index (κ3) is 1.44. The molecule has 2 aliphatic carbocycles. The van der Waals surface area contributed by atoms with Gasteiger partial charge < -0.3 is 10.1 Å².